The Bertz CT molecular complexity index is 735. The van der Waals surface area contributed by atoms with Gasteiger partial charge in [0, 0.05) is 23.1 Å². The van der Waals surface area contributed by atoms with Crippen molar-refractivity contribution in [3.63, 3.8) is 0 Å². The summed E-state index contributed by atoms with van der Waals surface area (Å²) in [5, 5.41) is 8.81. The van der Waals surface area contributed by atoms with Gasteiger partial charge in [0.25, 0.3) is 0 Å². The zero-order valence-corrected chi connectivity index (χ0v) is 15.9. The maximum atomic E-state index is 12.4. The van der Waals surface area contributed by atoms with Gasteiger partial charge in [-0.25, -0.2) is 4.68 Å². The molecule has 2 N–H and O–H groups in total. The second-order valence-electron chi connectivity index (χ2n) is 6.06. The topological polar surface area (TPSA) is 77.0 Å². The minimum Gasteiger partial charge on any atom is -0.342 e. The number of rotatable bonds is 4. The van der Waals surface area contributed by atoms with Crippen LogP contribution in [0.15, 0.2) is 33.9 Å². The summed E-state index contributed by atoms with van der Waals surface area (Å²) in [5.74, 6) is 7.73. The normalized spacial score (nSPS) is 17.9. The summed E-state index contributed by atoms with van der Waals surface area (Å²) < 4.78 is 2.39. The van der Waals surface area contributed by atoms with E-state index in [2.05, 4.69) is 33.1 Å². The van der Waals surface area contributed by atoms with Gasteiger partial charge in [-0.05, 0) is 30.9 Å². The average molecular weight is 410 g/mol. The van der Waals surface area contributed by atoms with Crippen molar-refractivity contribution in [2.75, 3.05) is 24.7 Å². The molecule has 1 amide bonds. The Morgan fingerprint density at radius 2 is 2.29 bits per heavy atom. The van der Waals surface area contributed by atoms with E-state index in [9.17, 15) is 4.79 Å². The van der Waals surface area contributed by atoms with Gasteiger partial charge in [0.2, 0.25) is 11.1 Å². The Morgan fingerprint density at radius 3 is 3.04 bits per heavy atom. The van der Waals surface area contributed by atoms with Crippen LogP contribution in [0.25, 0.3) is 11.4 Å². The summed E-state index contributed by atoms with van der Waals surface area (Å²) in [6.45, 7) is 3.88. The molecule has 3 rings (SSSR count). The number of hydrogen-bond donors (Lipinski definition) is 1. The second-order valence-corrected chi connectivity index (χ2v) is 7.92. The van der Waals surface area contributed by atoms with E-state index in [0.717, 1.165) is 29.5 Å². The first kappa shape index (κ1) is 17.3. The number of thioether (sulfide) groups is 1. The number of nitrogens with zero attached hydrogens (tertiary/aromatic N) is 4. The molecular weight excluding hydrogens is 390 g/mol. The smallest absolute Gasteiger partial charge is 0.233 e. The molecule has 1 atom stereocenters. The standard InChI is InChI=1S/C16H20BrN5OS/c1-11-4-3-7-21(9-11)14(23)10-24-16-20-19-15(22(16)18)12-5-2-6-13(17)8-12/h2,5-6,8,11H,3-4,7,9-10,18H2,1H3/t11-/m1/s1. The van der Waals surface area contributed by atoms with Crippen molar-refractivity contribution in [3.05, 3.63) is 28.7 Å². The molecule has 0 aliphatic carbocycles. The van der Waals surface area contributed by atoms with Crippen LogP contribution in [-0.4, -0.2) is 44.5 Å². The third-order valence-corrected chi connectivity index (χ3v) is 5.50. The zero-order chi connectivity index (χ0) is 17.1. The highest BCUT2D eigenvalue weighted by Crippen LogP contribution is 2.24. The van der Waals surface area contributed by atoms with Gasteiger partial charge in [0.15, 0.2) is 5.82 Å². The van der Waals surface area contributed by atoms with Gasteiger partial charge in [-0.2, -0.15) is 0 Å². The SMILES string of the molecule is C[C@@H]1CCCN(C(=O)CSc2nnc(-c3cccc(Br)c3)n2N)C1. The number of aromatic nitrogens is 3. The fourth-order valence-corrected chi connectivity index (χ4v) is 3.99. The van der Waals surface area contributed by atoms with E-state index in [1.165, 1.54) is 22.9 Å². The number of carbonyl (C=O) groups is 1. The van der Waals surface area contributed by atoms with Crippen molar-refractivity contribution in [2.24, 2.45) is 5.92 Å². The van der Waals surface area contributed by atoms with E-state index in [1.807, 2.05) is 29.2 Å². The molecule has 6 nitrogen and oxygen atoms in total. The minimum atomic E-state index is 0.138. The second kappa shape index (κ2) is 7.57. The Labute approximate surface area is 153 Å². The van der Waals surface area contributed by atoms with E-state index < -0.39 is 0 Å². The lowest BCUT2D eigenvalue weighted by atomic mass is 10.0. The third kappa shape index (κ3) is 3.92. The predicted molar refractivity (Wildman–Crippen MR) is 99.0 cm³/mol. The molecule has 1 aliphatic rings. The zero-order valence-electron chi connectivity index (χ0n) is 13.5. The molecule has 1 fully saturated rings. The molecule has 1 aromatic carbocycles. The van der Waals surface area contributed by atoms with E-state index in [0.29, 0.717) is 22.7 Å². The van der Waals surface area contributed by atoms with Crippen molar-refractivity contribution in [1.82, 2.24) is 19.8 Å². The Balaban J connectivity index is 1.65. The van der Waals surface area contributed by atoms with Crippen molar-refractivity contribution < 1.29 is 4.79 Å². The lowest BCUT2D eigenvalue weighted by Gasteiger charge is -2.30. The number of hydrogen-bond acceptors (Lipinski definition) is 5. The molecule has 2 aromatic rings. The van der Waals surface area contributed by atoms with Crippen LogP contribution in [-0.2, 0) is 4.79 Å². The van der Waals surface area contributed by atoms with Gasteiger partial charge in [0.05, 0.1) is 5.75 Å². The number of nitrogen functional groups attached to an aromatic ring is 1. The molecule has 1 aromatic heterocycles. The van der Waals surface area contributed by atoms with E-state index in [-0.39, 0.29) is 5.91 Å². The maximum absolute atomic E-state index is 12.4. The first-order valence-corrected chi connectivity index (χ1v) is 9.69. The van der Waals surface area contributed by atoms with Gasteiger partial charge >= 0.3 is 0 Å². The number of piperidine rings is 1. The summed E-state index contributed by atoms with van der Waals surface area (Å²) in [5.41, 5.74) is 0.877. The predicted octanol–water partition coefficient (Wildman–Crippen LogP) is 2.77. The fraction of sp³-hybridized carbons (Fsp3) is 0.438. The number of amides is 1. The molecular formula is C16H20BrN5OS. The van der Waals surface area contributed by atoms with Crippen LogP contribution in [0.2, 0.25) is 0 Å². The molecule has 2 heterocycles. The number of carbonyl (C=O) groups excluding carboxylic acids is 1. The van der Waals surface area contributed by atoms with Gasteiger partial charge in [0.1, 0.15) is 0 Å². The quantitative estimate of drug-likeness (QED) is 0.620. The van der Waals surface area contributed by atoms with E-state index in [4.69, 9.17) is 5.84 Å². The molecule has 24 heavy (non-hydrogen) atoms. The summed E-state index contributed by atoms with van der Waals surface area (Å²) in [6.07, 6.45) is 2.28. The number of likely N-dealkylation sites (tertiary alicyclic amines) is 1. The van der Waals surface area contributed by atoms with Crippen LogP contribution in [0.3, 0.4) is 0 Å². The molecule has 0 bridgehead atoms. The third-order valence-electron chi connectivity index (χ3n) is 4.08. The Hall–Kier alpha value is -1.54. The van der Waals surface area contributed by atoms with Gasteiger partial charge in [-0.3, -0.25) is 4.79 Å². The molecule has 128 valence electrons. The van der Waals surface area contributed by atoms with E-state index in [1.54, 1.807) is 0 Å². The van der Waals surface area contributed by atoms with Crippen molar-refractivity contribution in [2.45, 2.75) is 24.9 Å². The number of benzene rings is 1. The van der Waals surface area contributed by atoms with Crippen molar-refractivity contribution >= 4 is 33.6 Å². The first-order valence-electron chi connectivity index (χ1n) is 7.91. The highest BCUT2D eigenvalue weighted by atomic mass is 79.9. The average Bonchev–Trinajstić information content (AvgIpc) is 2.93. The minimum absolute atomic E-state index is 0.138. The molecule has 0 unspecified atom stereocenters. The molecule has 0 radical (unpaired) electrons. The molecule has 8 heteroatoms. The fourth-order valence-electron chi connectivity index (χ4n) is 2.83. The van der Waals surface area contributed by atoms with Crippen molar-refractivity contribution in [1.29, 1.82) is 0 Å². The van der Waals surface area contributed by atoms with Crippen LogP contribution >= 0.6 is 27.7 Å². The summed E-state index contributed by atoms with van der Waals surface area (Å²) >= 11 is 4.77. The molecule has 0 spiro atoms. The molecule has 1 aliphatic heterocycles. The number of nitrogens with two attached hydrogens (primary N) is 1. The van der Waals surface area contributed by atoms with E-state index >= 15 is 0 Å². The van der Waals surface area contributed by atoms with Crippen LogP contribution < -0.4 is 5.84 Å². The van der Waals surface area contributed by atoms with Gasteiger partial charge in [-0.1, -0.05) is 46.7 Å². The van der Waals surface area contributed by atoms with Crippen LogP contribution in [0.5, 0.6) is 0 Å². The lowest BCUT2D eigenvalue weighted by molar-refractivity contribution is -0.130. The monoisotopic (exact) mass is 409 g/mol. The lowest BCUT2D eigenvalue weighted by Crippen LogP contribution is -2.40. The Kier molecular flexibility index (Phi) is 5.45. The maximum Gasteiger partial charge on any atom is 0.233 e. The molecule has 1 saturated heterocycles. The number of halogens is 1. The van der Waals surface area contributed by atoms with Crippen LogP contribution in [0.4, 0.5) is 0 Å². The van der Waals surface area contributed by atoms with Crippen LogP contribution in [0, 0.1) is 5.92 Å². The molecule has 0 saturated carbocycles. The van der Waals surface area contributed by atoms with Crippen molar-refractivity contribution in [3.8, 4) is 11.4 Å². The van der Waals surface area contributed by atoms with Gasteiger partial charge in [-0.15, -0.1) is 10.2 Å². The highest BCUT2D eigenvalue weighted by molar-refractivity contribution is 9.10. The largest absolute Gasteiger partial charge is 0.342 e. The summed E-state index contributed by atoms with van der Waals surface area (Å²) in [6, 6.07) is 7.71. The van der Waals surface area contributed by atoms with Gasteiger partial charge < -0.3 is 10.7 Å². The summed E-state index contributed by atoms with van der Waals surface area (Å²) in [7, 11) is 0. The Morgan fingerprint density at radius 1 is 1.46 bits per heavy atom. The highest BCUT2D eigenvalue weighted by Gasteiger charge is 2.22. The van der Waals surface area contributed by atoms with Crippen LogP contribution in [0.1, 0.15) is 19.8 Å². The summed E-state index contributed by atoms with van der Waals surface area (Å²) in [4.78, 5) is 14.3. The first-order chi connectivity index (χ1) is 11.5.